The predicted molar refractivity (Wildman–Crippen MR) is 66.6 cm³/mol. The van der Waals surface area contributed by atoms with Crippen LogP contribution in [0.15, 0.2) is 24.5 Å². The second-order valence-electron chi connectivity index (χ2n) is 4.84. The van der Waals surface area contributed by atoms with Gasteiger partial charge in [0.1, 0.15) is 5.60 Å². The van der Waals surface area contributed by atoms with Gasteiger partial charge in [0.25, 0.3) is 0 Å². The summed E-state index contributed by atoms with van der Waals surface area (Å²) in [6.07, 6.45) is 2.90. The highest BCUT2D eigenvalue weighted by Crippen LogP contribution is 2.16. The highest BCUT2D eigenvalue weighted by molar-refractivity contribution is 5.68. The van der Waals surface area contributed by atoms with Crippen LogP contribution >= 0.6 is 0 Å². The van der Waals surface area contributed by atoms with Gasteiger partial charge < -0.3 is 10.1 Å². The summed E-state index contributed by atoms with van der Waals surface area (Å²) < 4.78 is 5.16. The zero-order valence-electron chi connectivity index (χ0n) is 10.8. The molecule has 0 aliphatic heterocycles. The topological polar surface area (TPSA) is 75.0 Å². The molecule has 1 rings (SSSR count). The molecule has 0 radical (unpaired) electrons. The summed E-state index contributed by atoms with van der Waals surface area (Å²) >= 11 is 0. The number of nitrogens with one attached hydrogen (secondary N) is 1. The fraction of sp³-hybridized carbons (Fsp3) is 0.462. The molecule has 5 nitrogen and oxygen atoms in total. The smallest absolute Gasteiger partial charge is 0.408 e. The van der Waals surface area contributed by atoms with Gasteiger partial charge in [0.05, 0.1) is 18.5 Å². The van der Waals surface area contributed by atoms with Crippen LogP contribution in [0.1, 0.15) is 38.8 Å². The third kappa shape index (κ3) is 4.83. The first-order chi connectivity index (χ1) is 8.42. The minimum Gasteiger partial charge on any atom is -0.444 e. The molecule has 1 atom stereocenters. The molecule has 0 fully saturated rings. The average Bonchev–Trinajstić information content (AvgIpc) is 2.27. The average molecular weight is 247 g/mol. The normalized spacial score (nSPS) is 12.3. The molecule has 0 bridgehead atoms. The number of ether oxygens (including phenoxy) is 1. The number of hydrogen-bond donors (Lipinski definition) is 1. The van der Waals surface area contributed by atoms with Gasteiger partial charge in [-0.25, -0.2) is 4.79 Å². The molecule has 0 aliphatic carbocycles. The van der Waals surface area contributed by atoms with Crippen LogP contribution in [0, 0.1) is 11.3 Å². The lowest BCUT2D eigenvalue weighted by molar-refractivity contribution is 0.0504. The van der Waals surface area contributed by atoms with Crippen molar-refractivity contribution in [3.63, 3.8) is 0 Å². The van der Waals surface area contributed by atoms with Gasteiger partial charge in [0, 0.05) is 12.4 Å². The Kier molecular flexibility index (Phi) is 4.67. The Morgan fingerprint density at radius 3 is 2.61 bits per heavy atom. The Morgan fingerprint density at radius 2 is 2.11 bits per heavy atom. The summed E-state index contributed by atoms with van der Waals surface area (Å²) in [7, 11) is 0. The maximum Gasteiger partial charge on any atom is 0.408 e. The molecular formula is C13H17N3O2. The Bertz CT molecular complexity index is 432. The van der Waals surface area contributed by atoms with Crippen LogP contribution in [0.2, 0.25) is 0 Å². The van der Waals surface area contributed by atoms with E-state index in [2.05, 4.69) is 10.3 Å². The zero-order chi connectivity index (χ0) is 13.6. The molecule has 0 aliphatic rings. The highest BCUT2D eigenvalue weighted by atomic mass is 16.6. The number of alkyl carbamates (subject to hydrolysis) is 1. The van der Waals surface area contributed by atoms with Crippen LogP contribution in [0.5, 0.6) is 0 Å². The lowest BCUT2D eigenvalue weighted by atomic mass is 10.1. The molecule has 0 aromatic carbocycles. The number of nitrogens with zero attached hydrogens (tertiary/aromatic N) is 2. The van der Waals surface area contributed by atoms with Crippen LogP contribution in [-0.4, -0.2) is 16.7 Å². The van der Waals surface area contributed by atoms with E-state index in [4.69, 9.17) is 10.00 Å². The van der Waals surface area contributed by atoms with Crippen molar-refractivity contribution in [2.24, 2.45) is 0 Å². The van der Waals surface area contributed by atoms with Crippen molar-refractivity contribution in [2.45, 2.75) is 38.8 Å². The summed E-state index contributed by atoms with van der Waals surface area (Å²) in [5.41, 5.74) is 0.275. The Labute approximate surface area is 107 Å². The molecule has 1 aromatic heterocycles. The fourth-order valence-electron chi connectivity index (χ4n) is 1.39. The van der Waals surface area contributed by atoms with E-state index in [0.717, 1.165) is 5.56 Å². The van der Waals surface area contributed by atoms with Crippen molar-refractivity contribution >= 4 is 6.09 Å². The van der Waals surface area contributed by atoms with Crippen molar-refractivity contribution in [3.05, 3.63) is 30.1 Å². The van der Waals surface area contributed by atoms with Gasteiger partial charge >= 0.3 is 6.09 Å². The van der Waals surface area contributed by atoms with Crippen LogP contribution in [-0.2, 0) is 4.74 Å². The van der Waals surface area contributed by atoms with Crippen molar-refractivity contribution < 1.29 is 9.53 Å². The lowest BCUT2D eigenvalue weighted by Crippen LogP contribution is -2.34. The number of amides is 1. The van der Waals surface area contributed by atoms with E-state index < -0.39 is 11.7 Å². The first-order valence-corrected chi connectivity index (χ1v) is 5.69. The summed E-state index contributed by atoms with van der Waals surface area (Å²) in [6.45, 7) is 5.37. The van der Waals surface area contributed by atoms with Gasteiger partial charge in [-0.1, -0.05) is 0 Å². The standard InChI is InChI=1S/C13H17N3O2/c1-13(2,3)18-12(17)16-11(4-7-14)10-5-8-15-9-6-10/h5-6,8-9,11H,4H2,1-3H3,(H,16,17). The molecule has 1 heterocycles. The van der Waals surface area contributed by atoms with Crippen molar-refractivity contribution in [3.8, 4) is 6.07 Å². The number of carbonyl (C=O) groups is 1. The summed E-state index contributed by atoms with van der Waals surface area (Å²) in [5.74, 6) is 0. The van der Waals surface area contributed by atoms with Gasteiger partial charge in [-0.2, -0.15) is 5.26 Å². The second-order valence-corrected chi connectivity index (χ2v) is 4.84. The minimum absolute atomic E-state index is 0.184. The number of nitriles is 1. The molecule has 0 saturated carbocycles. The van der Waals surface area contributed by atoms with E-state index in [1.807, 2.05) is 6.07 Å². The van der Waals surface area contributed by atoms with Crippen molar-refractivity contribution in [2.75, 3.05) is 0 Å². The first-order valence-electron chi connectivity index (χ1n) is 5.69. The molecular weight excluding hydrogens is 230 g/mol. The van der Waals surface area contributed by atoms with Gasteiger partial charge in [-0.15, -0.1) is 0 Å². The molecule has 5 heteroatoms. The van der Waals surface area contributed by atoms with Crippen LogP contribution in [0.4, 0.5) is 4.79 Å². The lowest BCUT2D eigenvalue weighted by Gasteiger charge is -2.22. The molecule has 1 amide bonds. The van der Waals surface area contributed by atoms with Gasteiger partial charge in [-0.05, 0) is 38.5 Å². The van der Waals surface area contributed by atoms with Crippen molar-refractivity contribution in [1.82, 2.24) is 10.3 Å². The number of carbonyl (C=O) groups excluding carboxylic acids is 1. The van der Waals surface area contributed by atoms with E-state index in [1.54, 1.807) is 45.3 Å². The van der Waals surface area contributed by atoms with E-state index in [1.165, 1.54) is 0 Å². The number of rotatable bonds is 3. The van der Waals surface area contributed by atoms with Gasteiger partial charge in [0.2, 0.25) is 0 Å². The molecule has 1 N–H and O–H groups in total. The third-order valence-electron chi connectivity index (χ3n) is 2.09. The third-order valence-corrected chi connectivity index (χ3v) is 2.09. The van der Waals surface area contributed by atoms with Crippen LogP contribution in [0.3, 0.4) is 0 Å². The fourth-order valence-corrected chi connectivity index (χ4v) is 1.39. The van der Waals surface area contributed by atoms with Gasteiger partial charge in [-0.3, -0.25) is 4.98 Å². The minimum atomic E-state index is -0.556. The molecule has 0 spiro atoms. The largest absolute Gasteiger partial charge is 0.444 e. The number of aromatic nitrogens is 1. The Balaban J connectivity index is 2.71. The molecule has 1 aromatic rings. The van der Waals surface area contributed by atoms with E-state index in [-0.39, 0.29) is 12.5 Å². The SMILES string of the molecule is CC(C)(C)OC(=O)NC(CC#N)c1ccncc1. The number of pyridine rings is 1. The van der Waals surface area contributed by atoms with Gasteiger partial charge in [0.15, 0.2) is 0 Å². The highest BCUT2D eigenvalue weighted by Gasteiger charge is 2.20. The Morgan fingerprint density at radius 1 is 1.50 bits per heavy atom. The second kappa shape index (κ2) is 6.01. The van der Waals surface area contributed by atoms with Crippen LogP contribution in [0.25, 0.3) is 0 Å². The summed E-state index contributed by atoms with van der Waals surface area (Å²) in [5, 5.41) is 11.5. The van der Waals surface area contributed by atoms with Crippen molar-refractivity contribution in [1.29, 1.82) is 5.26 Å². The number of hydrogen-bond acceptors (Lipinski definition) is 4. The summed E-state index contributed by atoms with van der Waals surface area (Å²) in [6, 6.07) is 5.19. The quantitative estimate of drug-likeness (QED) is 0.890. The first kappa shape index (κ1) is 14.0. The molecule has 18 heavy (non-hydrogen) atoms. The molecule has 1 unspecified atom stereocenters. The predicted octanol–water partition coefficient (Wildman–Crippen LogP) is 2.56. The van der Waals surface area contributed by atoms with E-state index in [0.29, 0.717) is 0 Å². The maximum atomic E-state index is 11.7. The molecule has 0 saturated heterocycles. The zero-order valence-corrected chi connectivity index (χ0v) is 10.8. The van der Waals surface area contributed by atoms with E-state index in [9.17, 15) is 4.79 Å². The Hall–Kier alpha value is -2.09. The maximum absolute atomic E-state index is 11.7. The van der Waals surface area contributed by atoms with E-state index >= 15 is 0 Å². The molecule has 96 valence electrons. The monoisotopic (exact) mass is 247 g/mol. The van der Waals surface area contributed by atoms with Crippen LogP contribution < -0.4 is 5.32 Å². The summed E-state index contributed by atoms with van der Waals surface area (Å²) in [4.78, 5) is 15.6.